The van der Waals surface area contributed by atoms with Crippen LogP contribution in [0.4, 0.5) is 18.9 Å². The Balaban J connectivity index is 2.04. The number of nitrogens with one attached hydrogen (secondary N) is 1. The van der Waals surface area contributed by atoms with E-state index < -0.39 is 24.3 Å². The number of hydrogen-bond donors (Lipinski definition) is 1. The van der Waals surface area contributed by atoms with Crippen molar-refractivity contribution in [2.45, 2.75) is 13.1 Å². The van der Waals surface area contributed by atoms with Crippen LogP contribution < -0.4 is 19.5 Å². The molecule has 1 amide bonds. The zero-order chi connectivity index (χ0) is 19.3. The quantitative estimate of drug-likeness (QED) is 0.835. The van der Waals surface area contributed by atoms with Crippen LogP contribution in [0, 0.1) is 6.92 Å². The molecule has 0 aliphatic rings. The minimum absolute atomic E-state index is 0.0426. The average molecular weight is 369 g/mol. The third-order valence-electron chi connectivity index (χ3n) is 3.54. The maximum atomic E-state index is 12.7. The number of methoxy groups -OCH3 is 2. The van der Waals surface area contributed by atoms with Crippen LogP contribution in [0.5, 0.6) is 17.2 Å². The van der Waals surface area contributed by atoms with E-state index in [1.54, 1.807) is 19.1 Å². The van der Waals surface area contributed by atoms with Crippen LogP contribution in [0.3, 0.4) is 0 Å². The number of ether oxygens (including phenoxy) is 3. The Labute approximate surface area is 148 Å². The molecule has 2 rings (SSSR count). The van der Waals surface area contributed by atoms with Gasteiger partial charge in [-0.2, -0.15) is 13.2 Å². The van der Waals surface area contributed by atoms with Gasteiger partial charge in [-0.05, 0) is 36.8 Å². The highest BCUT2D eigenvalue weighted by atomic mass is 19.4. The van der Waals surface area contributed by atoms with Crippen LogP contribution in [-0.4, -0.2) is 26.7 Å². The number of benzene rings is 2. The number of alkyl halides is 3. The Kier molecular flexibility index (Phi) is 5.97. The molecule has 0 aliphatic carbocycles. The number of anilines is 1. The normalized spacial score (nSPS) is 11.0. The van der Waals surface area contributed by atoms with Crippen LogP contribution in [0.1, 0.15) is 11.1 Å². The van der Waals surface area contributed by atoms with Crippen LogP contribution in [0.2, 0.25) is 0 Å². The van der Waals surface area contributed by atoms with Crippen molar-refractivity contribution in [2.75, 3.05) is 26.1 Å². The summed E-state index contributed by atoms with van der Waals surface area (Å²) >= 11 is 0. The molecule has 2 aromatic rings. The third kappa shape index (κ3) is 4.81. The molecule has 2 aromatic carbocycles. The molecule has 0 unspecified atom stereocenters. The first kappa shape index (κ1) is 19.4. The van der Waals surface area contributed by atoms with Crippen molar-refractivity contribution >= 4 is 11.6 Å². The van der Waals surface area contributed by atoms with Gasteiger partial charge in [-0.3, -0.25) is 4.79 Å². The van der Waals surface area contributed by atoms with E-state index in [1.807, 2.05) is 0 Å². The maximum Gasteiger partial charge on any atom is 0.416 e. The lowest BCUT2D eigenvalue weighted by Gasteiger charge is -2.14. The molecule has 5 nitrogen and oxygen atoms in total. The lowest BCUT2D eigenvalue weighted by molar-refractivity contribution is -0.137. The molecular formula is C18H18F3NO4. The fraction of sp³-hybridized carbons (Fsp3) is 0.278. The Morgan fingerprint density at radius 3 is 2.35 bits per heavy atom. The summed E-state index contributed by atoms with van der Waals surface area (Å²) in [6, 6.07) is 7.63. The van der Waals surface area contributed by atoms with E-state index in [0.717, 1.165) is 17.7 Å². The summed E-state index contributed by atoms with van der Waals surface area (Å²) in [5.74, 6) is 0.396. The lowest BCUT2D eigenvalue weighted by Crippen LogP contribution is -2.21. The zero-order valence-corrected chi connectivity index (χ0v) is 14.4. The van der Waals surface area contributed by atoms with Crippen molar-refractivity contribution in [2.24, 2.45) is 0 Å². The van der Waals surface area contributed by atoms with Gasteiger partial charge in [-0.15, -0.1) is 0 Å². The second-order valence-electron chi connectivity index (χ2n) is 5.38. The van der Waals surface area contributed by atoms with Gasteiger partial charge >= 0.3 is 6.18 Å². The van der Waals surface area contributed by atoms with Gasteiger partial charge in [0, 0.05) is 11.8 Å². The molecule has 0 aliphatic heterocycles. The molecule has 0 radical (unpaired) electrons. The summed E-state index contributed by atoms with van der Waals surface area (Å²) in [6.45, 7) is 1.33. The fourth-order valence-electron chi connectivity index (χ4n) is 2.21. The Morgan fingerprint density at radius 2 is 1.73 bits per heavy atom. The number of halogens is 3. The standard InChI is InChI=1S/C18H18F3NO4/c1-11-7-15(24-2)16(25-3)9-14(11)22-17(23)10-26-13-6-4-5-12(8-13)18(19,20)21/h4-9H,10H2,1-3H3,(H,22,23). The van der Waals surface area contributed by atoms with Crippen molar-refractivity contribution in [3.05, 3.63) is 47.5 Å². The van der Waals surface area contributed by atoms with Gasteiger partial charge in [0.25, 0.3) is 5.91 Å². The van der Waals surface area contributed by atoms with E-state index in [9.17, 15) is 18.0 Å². The van der Waals surface area contributed by atoms with Crippen LogP contribution in [0.15, 0.2) is 36.4 Å². The van der Waals surface area contributed by atoms with Crippen molar-refractivity contribution in [1.82, 2.24) is 0 Å². The highest BCUT2D eigenvalue weighted by Crippen LogP contribution is 2.33. The number of carbonyl (C=O) groups is 1. The van der Waals surface area contributed by atoms with Gasteiger partial charge < -0.3 is 19.5 Å². The molecule has 26 heavy (non-hydrogen) atoms. The number of hydrogen-bond acceptors (Lipinski definition) is 4. The molecule has 1 N–H and O–H groups in total. The fourth-order valence-corrected chi connectivity index (χ4v) is 2.21. The SMILES string of the molecule is COc1cc(C)c(NC(=O)COc2cccc(C(F)(F)F)c2)cc1OC. The highest BCUT2D eigenvalue weighted by molar-refractivity contribution is 5.93. The predicted octanol–water partition coefficient (Wildman–Crippen LogP) is 4.05. The monoisotopic (exact) mass is 369 g/mol. The van der Waals surface area contributed by atoms with Crippen molar-refractivity contribution < 1.29 is 32.2 Å². The lowest BCUT2D eigenvalue weighted by atomic mass is 10.1. The molecule has 0 atom stereocenters. The number of carbonyl (C=O) groups excluding carboxylic acids is 1. The average Bonchev–Trinajstić information content (AvgIpc) is 2.60. The first-order chi connectivity index (χ1) is 12.2. The molecular weight excluding hydrogens is 351 g/mol. The van der Waals surface area contributed by atoms with Gasteiger partial charge in [-0.25, -0.2) is 0 Å². The highest BCUT2D eigenvalue weighted by Gasteiger charge is 2.30. The molecule has 140 valence electrons. The summed E-state index contributed by atoms with van der Waals surface area (Å²) in [6.07, 6.45) is -4.47. The molecule has 0 aromatic heterocycles. The van der Waals surface area contributed by atoms with Gasteiger partial charge in [0.15, 0.2) is 18.1 Å². The van der Waals surface area contributed by atoms with E-state index in [4.69, 9.17) is 14.2 Å². The van der Waals surface area contributed by atoms with E-state index in [2.05, 4.69) is 5.32 Å². The molecule has 0 saturated heterocycles. The van der Waals surface area contributed by atoms with Crippen molar-refractivity contribution in [3.8, 4) is 17.2 Å². The molecule has 0 heterocycles. The summed E-state index contributed by atoms with van der Waals surface area (Å²) in [4.78, 5) is 12.0. The molecule has 0 spiro atoms. The minimum Gasteiger partial charge on any atom is -0.493 e. The third-order valence-corrected chi connectivity index (χ3v) is 3.54. The molecule has 0 fully saturated rings. The smallest absolute Gasteiger partial charge is 0.416 e. The van der Waals surface area contributed by atoms with E-state index in [0.29, 0.717) is 17.2 Å². The second kappa shape index (κ2) is 7.99. The number of aryl methyl sites for hydroxylation is 1. The summed E-state index contributed by atoms with van der Waals surface area (Å²) in [5, 5.41) is 2.63. The summed E-state index contributed by atoms with van der Waals surface area (Å²) in [5.41, 5.74) is 0.376. The van der Waals surface area contributed by atoms with E-state index in [-0.39, 0.29) is 5.75 Å². The second-order valence-corrected chi connectivity index (χ2v) is 5.38. The van der Waals surface area contributed by atoms with Crippen molar-refractivity contribution in [1.29, 1.82) is 0 Å². The minimum atomic E-state index is -4.47. The van der Waals surface area contributed by atoms with Crippen LogP contribution in [0.25, 0.3) is 0 Å². The van der Waals surface area contributed by atoms with E-state index in [1.165, 1.54) is 26.4 Å². The summed E-state index contributed by atoms with van der Waals surface area (Å²) < 4.78 is 53.5. The Bertz CT molecular complexity index is 790. The molecule has 8 heteroatoms. The largest absolute Gasteiger partial charge is 0.493 e. The zero-order valence-electron chi connectivity index (χ0n) is 14.4. The maximum absolute atomic E-state index is 12.7. The number of amides is 1. The van der Waals surface area contributed by atoms with Gasteiger partial charge in [0.1, 0.15) is 5.75 Å². The summed E-state index contributed by atoms with van der Waals surface area (Å²) in [7, 11) is 2.97. The van der Waals surface area contributed by atoms with Crippen LogP contribution >= 0.6 is 0 Å². The predicted molar refractivity (Wildman–Crippen MR) is 89.9 cm³/mol. The number of rotatable bonds is 6. The van der Waals surface area contributed by atoms with Crippen molar-refractivity contribution in [3.63, 3.8) is 0 Å². The van der Waals surface area contributed by atoms with Crippen LogP contribution in [-0.2, 0) is 11.0 Å². The van der Waals surface area contributed by atoms with Gasteiger partial charge in [0.05, 0.1) is 19.8 Å². The Morgan fingerprint density at radius 1 is 1.08 bits per heavy atom. The first-order valence-corrected chi connectivity index (χ1v) is 7.57. The molecule has 0 bridgehead atoms. The van der Waals surface area contributed by atoms with Gasteiger partial charge in [-0.1, -0.05) is 6.07 Å². The van der Waals surface area contributed by atoms with Gasteiger partial charge in [0.2, 0.25) is 0 Å². The first-order valence-electron chi connectivity index (χ1n) is 7.57. The van der Waals surface area contributed by atoms with E-state index >= 15 is 0 Å². The topological polar surface area (TPSA) is 56.8 Å². The Hall–Kier alpha value is -2.90. The molecule has 0 saturated carbocycles.